The first-order valence-corrected chi connectivity index (χ1v) is 12.1. The molecule has 0 unspecified atom stereocenters. The van der Waals surface area contributed by atoms with Crippen LogP contribution < -0.4 is 5.32 Å². The van der Waals surface area contributed by atoms with Crippen LogP contribution in [0.5, 0.6) is 0 Å². The standard InChI is InChI=1S/C25H38N2O4/c28-23-7-11-25(21-4-2-1-3-5-21,10-6-22(23)27-12-16-31-17-13-27)19-26-24(29)18-20-8-14-30-15-9-20/h1-5,20,22-23,28H,6-19H2,(H,26,29)/t22-,23-,25+/m0/s1. The number of nitrogens with zero attached hydrogens (tertiary/aromatic N) is 1. The minimum absolute atomic E-state index is 0.130. The average molecular weight is 431 g/mol. The van der Waals surface area contributed by atoms with Crippen molar-refractivity contribution < 1.29 is 19.4 Å². The summed E-state index contributed by atoms with van der Waals surface area (Å²) in [6, 6.07) is 10.8. The Kier molecular flexibility index (Phi) is 7.99. The highest BCUT2D eigenvalue weighted by molar-refractivity contribution is 5.76. The Labute approximate surface area is 186 Å². The van der Waals surface area contributed by atoms with E-state index in [0.717, 1.165) is 78.0 Å². The Hall–Kier alpha value is -1.47. The summed E-state index contributed by atoms with van der Waals surface area (Å²) in [4.78, 5) is 15.2. The normalized spacial score (nSPS) is 31.1. The number of aliphatic hydroxyl groups is 1. The Morgan fingerprint density at radius 3 is 2.42 bits per heavy atom. The van der Waals surface area contributed by atoms with E-state index < -0.39 is 0 Å². The number of ether oxygens (including phenoxy) is 2. The van der Waals surface area contributed by atoms with Gasteiger partial charge in [-0.1, -0.05) is 30.3 Å². The van der Waals surface area contributed by atoms with Gasteiger partial charge < -0.3 is 19.9 Å². The Morgan fingerprint density at radius 2 is 1.68 bits per heavy atom. The summed E-state index contributed by atoms with van der Waals surface area (Å²) in [6.07, 6.45) is 5.76. The first kappa shape index (κ1) is 22.7. The highest BCUT2D eigenvalue weighted by Crippen LogP contribution is 2.39. The average Bonchev–Trinajstić information content (AvgIpc) is 2.99. The number of rotatable bonds is 6. The molecule has 0 aromatic heterocycles. The predicted molar refractivity (Wildman–Crippen MR) is 120 cm³/mol. The molecule has 2 N–H and O–H groups in total. The molecule has 0 bridgehead atoms. The zero-order valence-corrected chi connectivity index (χ0v) is 18.6. The molecule has 172 valence electrons. The quantitative estimate of drug-likeness (QED) is 0.679. The third-order valence-electron chi connectivity index (χ3n) is 7.62. The van der Waals surface area contributed by atoms with Crippen molar-refractivity contribution in [2.45, 2.75) is 62.5 Å². The van der Waals surface area contributed by atoms with E-state index in [0.29, 0.717) is 18.9 Å². The van der Waals surface area contributed by atoms with Gasteiger partial charge in [0.1, 0.15) is 0 Å². The number of aliphatic hydroxyl groups excluding tert-OH is 1. The summed E-state index contributed by atoms with van der Waals surface area (Å²) in [5, 5.41) is 14.3. The van der Waals surface area contributed by atoms with E-state index in [4.69, 9.17) is 9.47 Å². The van der Waals surface area contributed by atoms with Crippen LogP contribution in [0, 0.1) is 5.92 Å². The lowest BCUT2D eigenvalue weighted by atomic mass is 9.74. The molecule has 6 nitrogen and oxygen atoms in total. The molecule has 1 amide bonds. The van der Waals surface area contributed by atoms with Crippen molar-refractivity contribution in [3.8, 4) is 0 Å². The maximum atomic E-state index is 12.8. The van der Waals surface area contributed by atoms with Crippen LogP contribution in [-0.2, 0) is 19.7 Å². The van der Waals surface area contributed by atoms with Crippen LogP contribution in [0.2, 0.25) is 0 Å². The molecule has 1 aliphatic carbocycles. The first-order chi connectivity index (χ1) is 15.2. The van der Waals surface area contributed by atoms with Crippen molar-refractivity contribution in [3.63, 3.8) is 0 Å². The van der Waals surface area contributed by atoms with E-state index in [1.807, 2.05) is 6.07 Å². The fourth-order valence-corrected chi connectivity index (χ4v) is 5.61. The van der Waals surface area contributed by atoms with Gasteiger partial charge in [0.2, 0.25) is 5.91 Å². The number of hydrogen-bond acceptors (Lipinski definition) is 5. The lowest BCUT2D eigenvalue weighted by Gasteiger charge is -2.37. The van der Waals surface area contributed by atoms with E-state index in [2.05, 4.69) is 34.5 Å². The van der Waals surface area contributed by atoms with Crippen LogP contribution in [0.15, 0.2) is 30.3 Å². The fourth-order valence-electron chi connectivity index (χ4n) is 5.61. The molecule has 3 aliphatic rings. The molecule has 1 aromatic carbocycles. The molecule has 1 saturated carbocycles. The SMILES string of the molecule is O=C(CC1CCOCC1)NC[C@]1(c2ccccc2)CC[C@H](O)[C@@H](N2CCOCC2)CC1. The molecule has 2 aliphatic heterocycles. The van der Waals surface area contributed by atoms with E-state index >= 15 is 0 Å². The summed E-state index contributed by atoms with van der Waals surface area (Å²) < 4.78 is 10.9. The molecule has 2 saturated heterocycles. The summed E-state index contributed by atoms with van der Waals surface area (Å²) in [7, 11) is 0. The number of hydrogen-bond donors (Lipinski definition) is 2. The second-order valence-electron chi connectivity index (χ2n) is 9.54. The third kappa shape index (κ3) is 5.86. The van der Waals surface area contributed by atoms with Gasteiger partial charge >= 0.3 is 0 Å². The molecule has 2 heterocycles. The summed E-state index contributed by atoms with van der Waals surface area (Å²) >= 11 is 0. The Bertz CT molecular complexity index is 688. The van der Waals surface area contributed by atoms with Crippen molar-refractivity contribution in [1.82, 2.24) is 10.2 Å². The largest absolute Gasteiger partial charge is 0.391 e. The molecular formula is C25H38N2O4. The predicted octanol–water partition coefficient (Wildman–Crippen LogP) is 2.49. The molecule has 0 spiro atoms. The second kappa shape index (κ2) is 10.9. The molecule has 4 rings (SSSR count). The Morgan fingerprint density at radius 1 is 1.00 bits per heavy atom. The first-order valence-electron chi connectivity index (χ1n) is 12.1. The number of carbonyl (C=O) groups excluding carboxylic acids is 1. The molecule has 31 heavy (non-hydrogen) atoms. The van der Waals surface area contributed by atoms with Gasteiger partial charge in [0.25, 0.3) is 0 Å². The smallest absolute Gasteiger partial charge is 0.220 e. The third-order valence-corrected chi connectivity index (χ3v) is 7.62. The summed E-state index contributed by atoms with van der Waals surface area (Å²) in [5.74, 6) is 0.583. The Balaban J connectivity index is 1.44. The van der Waals surface area contributed by atoms with Crippen LogP contribution in [-0.4, -0.2) is 74.1 Å². The maximum Gasteiger partial charge on any atom is 0.220 e. The molecule has 1 aromatic rings. The van der Waals surface area contributed by atoms with Gasteiger partial charge in [-0.3, -0.25) is 9.69 Å². The van der Waals surface area contributed by atoms with Crippen LogP contribution in [0.25, 0.3) is 0 Å². The van der Waals surface area contributed by atoms with Crippen molar-refractivity contribution in [2.24, 2.45) is 5.92 Å². The van der Waals surface area contributed by atoms with Crippen molar-refractivity contribution in [1.29, 1.82) is 0 Å². The molecule has 3 atom stereocenters. The number of amides is 1. The van der Waals surface area contributed by atoms with E-state index in [1.165, 1.54) is 5.56 Å². The van der Waals surface area contributed by atoms with E-state index in [9.17, 15) is 9.90 Å². The van der Waals surface area contributed by atoms with Gasteiger partial charge in [0, 0.05) is 50.7 Å². The number of nitrogens with one attached hydrogen (secondary N) is 1. The summed E-state index contributed by atoms with van der Waals surface area (Å²) in [5.41, 5.74) is 1.14. The molecular weight excluding hydrogens is 392 g/mol. The molecule has 3 fully saturated rings. The van der Waals surface area contributed by atoms with Gasteiger partial charge in [-0.15, -0.1) is 0 Å². The van der Waals surface area contributed by atoms with Crippen LogP contribution in [0.3, 0.4) is 0 Å². The van der Waals surface area contributed by atoms with E-state index in [1.54, 1.807) is 0 Å². The van der Waals surface area contributed by atoms with Gasteiger partial charge in [0.05, 0.1) is 19.3 Å². The minimum Gasteiger partial charge on any atom is -0.391 e. The number of morpholine rings is 1. The second-order valence-corrected chi connectivity index (χ2v) is 9.54. The topological polar surface area (TPSA) is 71.0 Å². The zero-order chi connectivity index (χ0) is 21.5. The lowest BCUT2D eigenvalue weighted by Crippen LogP contribution is -2.48. The van der Waals surface area contributed by atoms with Crippen molar-refractivity contribution in [2.75, 3.05) is 46.1 Å². The van der Waals surface area contributed by atoms with E-state index in [-0.39, 0.29) is 23.5 Å². The number of carbonyl (C=O) groups is 1. The fraction of sp³-hybridized carbons (Fsp3) is 0.720. The lowest BCUT2D eigenvalue weighted by molar-refractivity contribution is -0.123. The minimum atomic E-state index is -0.332. The van der Waals surface area contributed by atoms with Crippen LogP contribution in [0.4, 0.5) is 0 Å². The summed E-state index contributed by atoms with van der Waals surface area (Å²) in [6.45, 7) is 5.45. The van der Waals surface area contributed by atoms with Gasteiger partial charge in [0.15, 0.2) is 0 Å². The van der Waals surface area contributed by atoms with Crippen molar-refractivity contribution in [3.05, 3.63) is 35.9 Å². The van der Waals surface area contributed by atoms with Crippen molar-refractivity contribution >= 4 is 5.91 Å². The van der Waals surface area contributed by atoms with Gasteiger partial charge in [-0.2, -0.15) is 0 Å². The number of benzene rings is 1. The van der Waals surface area contributed by atoms with Crippen LogP contribution in [0.1, 0.15) is 50.5 Å². The highest BCUT2D eigenvalue weighted by atomic mass is 16.5. The monoisotopic (exact) mass is 430 g/mol. The molecule has 6 heteroatoms. The molecule has 0 radical (unpaired) electrons. The van der Waals surface area contributed by atoms with Gasteiger partial charge in [-0.25, -0.2) is 0 Å². The highest BCUT2D eigenvalue weighted by Gasteiger charge is 2.40. The van der Waals surface area contributed by atoms with Gasteiger partial charge in [-0.05, 0) is 50.0 Å². The zero-order valence-electron chi connectivity index (χ0n) is 18.6. The van der Waals surface area contributed by atoms with Crippen LogP contribution >= 0.6 is 0 Å². The maximum absolute atomic E-state index is 12.8.